The van der Waals surface area contributed by atoms with E-state index in [-0.39, 0.29) is 17.1 Å². The van der Waals surface area contributed by atoms with E-state index in [2.05, 4.69) is 15.4 Å². The number of carbonyl (C=O) groups excluding carboxylic acids is 1. The molecule has 0 unspecified atom stereocenters. The van der Waals surface area contributed by atoms with Gasteiger partial charge in [-0.05, 0) is 55.5 Å². The molecule has 0 radical (unpaired) electrons. The van der Waals surface area contributed by atoms with E-state index in [0.29, 0.717) is 16.4 Å². The minimum atomic E-state index is -4.61. The van der Waals surface area contributed by atoms with Crippen LogP contribution in [-0.4, -0.2) is 32.3 Å². The molecule has 4 aromatic rings. The number of hydrogen-bond donors (Lipinski definition) is 1. The summed E-state index contributed by atoms with van der Waals surface area (Å²) >= 11 is 5.97. The molecule has 0 saturated carbocycles. The van der Waals surface area contributed by atoms with E-state index >= 15 is 0 Å². The molecule has 174 valence electrons. The van der Waals surface area contributed by atoms with Crippen molar-refractivity contribution >= 4 is 17.5 Å². The van der Waals surface area contributed by atoms with Gasteiger partial charge >= 0.3 is 6.18 Å². The van der Waals surface area contributed by atoms with Crippen molar-refractivity contribution < 1.29 is 18.0 Å². The number of aromatic nitrogens is 4. The lowest BCUT2D eigenvalue weighted by Crippen LogP contribution is -2.34. The fourth-order valence-corrected chi connectivity index (χ4v) is 3.64. The third-order valence-electron chi connectivity index (χ3n) is 5.14. The summed E-state index contributed by atoms with van der Waals surface area (Å²) in [7, 11) is 1.33. The molecule has 0 fully saturated rings. The SMILES string of the molecule is CNC(=O)c1nc(-c2ccnn2-c2ccc(Cl)cc2)c(C)n(-c2cccc(C(F)(F)F)c2)c1=O. The topological polar surface area (TPSA) is 81.8 Å². The van der Waals surface area contributed by atoms with Crippen molar-refractivity contribution in [2.45, 2.75) is 13.1 Å². The van der Waals surface area contributed by atoms with Crippen LogP contribution >= 0.6 is 11.6 Å². The van der Waals surface area contributed by atoms with Crippen LogP contribution in [-0.2, 0) is 6.18 Å². The number of nitrogens with zero attached hydrogens (tertiary/aromatic N) is 4. The van der Waals surface area contributed by atoms with Crippen LogP contribution in [0.15, 0.2) is 65.6 Å². The summed E-state index contributed by atoms with van der Waals surface area (Å²) in [6.07, 6.45) is -3.11. The Labute approximate surface area is 196 Å². The average Bonchev–Trinajstić information content (AvgIpc) is 3.28. The number of nitrogens with one attached hydrogen (secondary N) is 1. The lowest BCUT2D eigenvalue weighted by atomic mass is 10.1. The molecule has 34 heavy (non-hydrogen) atoms. The number of rotatable bonds is 4. The fourth-order valence-electron chi connectivity index (χ4n) is 3.52. The van der Waals surface area contributed by atoms with Crippen LogP contribution in [0.5, 0.6) is 0 Å². The molecular formula is C23H17ClF3N5O2. The molecule has 7 nitrogen and oxygen atoms in total. The molecule has 1 amide bonds. The first-order valence-corrected chi connectivity index (χ1v) is 10.3. The van der Waals surface area contributed by atoms with Crippen LogP contribution in [0.25, 0.3) is 22.8 Å². The van der Waals surface area contributed by atoms with Gasteiger partial charge in [0.25, 0.3) is 11.5 Å². The van der Waals surface area contributed by atoms with Crippen LogP contribution in [0.3, 0.4) is 0 Å². The maximum absolute atomic E-state index is 13.3. The summed E-state index contributed by atoms with van der Waals surface area (Å²) in [5, 5.41) is 7.17. The van der Waals surface area contributed by atoms with Gasteiger partial charge in [-0.25, -0.2) is 9.67 Å². The maximum atomic E-state index is 13.3. The number of halogens is 4. The summed E-state index contributed by atoms with van der Waals surface area (Å²) < 4.78 is 42.6. The van der Waals surface area contributed by atoms with Crippen LogP contribution in [0, 0.1) is 6.92 Å². The standard InChI is InChI=1S/C23H17ClF3N5O2/c1-13-19(18-10-11-29-32(18)16-8-6-15(24)7-9-16)30-20(21(33)28-2)22(34)31(13)17-5-3-4-14(12-17)23(25,26)27/h3-12H,1-2H3,(H,28,33). The quantitative estimate of drug-likeness (QED) is 0.462. The molecule has 0 bridgehead atoms. The van der Waals surface area contributed by atoms with Gasteiger partial charge in [-0.2, -0.15) is 18.3 Å². The Morgan fingerprint density at radius 3 is 2.41 bits per heavy atom. The molecule has 1 N–H and O–H groups in total. The number of amides is 1. The van der Waals surface area contributed by atoms with E-state index in [4.69, 9.17) is 11.6 Å². The van der Waals surface area contributed by atoms with E-state index < -0.39 is 28.9 Å². The van der Waals surface area contributed by atoms with Gasteiger partial charge in [0, 0.05) is 17.8 Å². The Morgan fingerprint density at radius 1 is 1.06 bits per heavy atom. The van der Waals surface area contributed by atoms with Gasteiger partial charge in [0.1, 0.15) is 5.69 Å². The molecule has 4 rings (SSSR count). The molecule has 0 aliphatic heterocycles. The smallest absolute Gasteiger partial charge is 0.354 e. The van der Waals surface area contributed by atoms with Gasteiger partial charge in [-0.15, -0.1) is 0 Å². The van der Waals surface area contributed by atoms with Crippen molar-refractivity contribution in [1.82, 2.24) is 24.6 Å². The summed E-state index contributed by atoms with van der Waals surface area (Å²) in [4.78, 5) is 29.9. The molecule has 11 heteroatoms. The third kappa shape index (κ3) is 4.19. The van der Waals surface area contributed by atoms with Crippen LogP contribution in [0.2, 0.25) is 5.02 Å². The van der Waals surface area contributed by atoms with Crippen LogP contribution in [0.1, 0.15) is 21.7 Å². The highest BCUT2D eigenvalue weighted by molar-refractivity contribution is 6.30. The minimum absolute atomic E-state index is 0.0521. The van der Waals surface area contributed by atoms with E-state index in [1.165, 1.54) is 37.0 Å². The molecule has 2 aromatic heterocycles. The second-order valence-electron chi connectivity index (χ2n) is 7.27. The molecular weight excluding hydrogens is 471 g/mol. The normalized spacial score (nSPS) is 11.5. The first kappa shape index (κ1) is 23.2. The third-order valence-corrected chi connectivity index (χ3v) is 5.39. The molecule has 0 saturated heterocycles. The zero-order valence-corrected chi connectivity index (χ0v) is 18.6. The van der Waals surface area contributed by atoms with Gasteiger partial charge in [-0.3, -0.25) is 14.2 Å². The van der Waals surface area contributed by atoms with Gasteiger partial charge in [-0.1, -0.05) is 17.7 Å². The Bertz CT molecular complexity index is 1440. The first-order chi connectivity index (χ1) is 16.1. The molecule has 2 heterocycles. The molecule has 0 atom stereocenters. The lowest BCUT2D eigenvalue weighted by molar-refractivity contribution is -0.137. The Hall–Kier alpha value is -3.92. The molecule has 2 aromatic carbocycles. The first-order valence-electron chi connectivity index (χ1n) is 9.95. The van der Waals surface area contributed by atoms with Crippen molar-refractivity contribution in [3.05, 3.63) is 93.1 Å². The van der Waals surface area contributed by atoms with Crippen molar-refractivity contribution in [2.24, 2.45) is 0 Å². The predicted octanol–water partition coefficient (Wildman–Crippen LogP) is 4.43. The highest BCUT2D eigenvalue weighted by atomic mass is 35.5. The van der Waals surface area contributed by atoms with E-state index in [1.54, 1.807) is 30.3 Å². The van der Waals surface area contributed by atoms with Crippen molar-refractivity contribution in [3.8, 4) is 22.8 Å². The average molecular weight is 488 g/mol. The zero-order valence-electron chi connectivity index (χ0n) is 17.9. The van der Waals surface area contributed by atoms with E-state index in [9.17, 15) is 22.8 Å². The zero-order chi connectivity index (χ0) is 24.6. The van der Waals surface area contributed by atoms with Gasteiger partial charge in [0.2, 0.25) is 0 Å². The largest absolute Gasteiger partial charge is 0.416 e. The Morgan fingerprint density at radius 2 is 1.76 bits per heavy atom. The maximum Gasteiger partial charge on any atom is 0.416 e. The highest BCUT2D eigenvalue weighted by Gasteiger charge is 2.31. The minimum Gasteiger partial charge on any atom is -0.354 e. The second kappa shape index (κ2) is 8.79. The highest BCUT2D eigenvalue weighted by Crippen LogP contribution is 2.31. The fraction of sp³-hybridized carbons (Fsp3) is 0.130. The van der Waals surface area contributed by atoms with Crippen LogP contribution < -0.4 is 10.9 Å². The summed E-state index contributed by atoms with van der Waals surface area (Å²) in [6.45, 7) is 1.54. The summed E-state index contributed by atoms with van der Waals surface area (Å²) in [5.41, 5.74) is -0.821. The van der Waals surface area contributed by atoms with Crippen molar-refractivity contribution in [2.75, 3.05) is 7.05 Å². The Kier molecular flexibility index (Phi) is 6.01. The van der Waals surface area contributed by atoms with Crippen LogP contribution in [0.4, 0.5) is 13.2 Å². The molecule has 0 aliphatic carbocycles. The molecule has 0 aliphatic rings. The number of hydrogen-bond acceptors (Lipinski definition) is 4. The van der Waals surface area contributed by atoms with Gasteiger partial charge in [0.05, 0.1) is 28.8 Å². The second-order valence-corrected chi connectivity index (χ2v) is 7.70. The molecule has 0 spiro atoms. The number of alkyl halides is 3. The van der Waals surface area contributed by atoms with Crippen molar-refractivity contribution in [1.29, 1.82) is 0 Å². The predicted molar refractivity (Wildman–Crippen MR) is 121 cm³/mol. The number of carbonyl (C=O) groups is 1. The lowest BCUT2D eigenvalue weighted by Gasteiger charge is -2.17. The summed E-state index contributed by atoms with van der Waals surface area (Å²) in [6, 6.07) is 12.7. The summed E-state index contributed by atoms with van der Waals surface area (Å²) in [5.74, 6) is -0.774. The van der Waals surface area contributed by atoms with Gasteiger partial charge in [0.15, 0.2) is 5.69 Å². The van der Waals surface area contributed by atoms with E-state index in [0.717, 1.165) is 16.7 Å². The van der Waals surface area contributed by atoms with Gasteiger partial charge < -0.3 is 5.32 Å². The monoisotopic (exact) mass is 487 g/mol. The number of benzene rings is 2. The van der Waals surface area contributed by atoms with Crippen molar-refractivity contribution in [3.63, 3.8) is 0 Å². The Balaban J connectivity index is 2.01. The van der Waals surface area contributed by atoms with E-state index in [1.807, 2.05) is 0 Å².